The third-order valence-corrected chi connectivity index (χ3v) is 6.03. The van der Waals surface area contributed by atoms with Crippen molar-refractivity contribution in [3.63, 3.8) is 0 Å². The van der Waals surface area contributed by atoms with E-state index in [2.05, 4.69) is 4.98 Å². The Morgan fingerprint density at radius 3 is 2.43 bits per heavy atom. The number of nitrogens with zero attached hydrogens (tertiary/aromatic N) is 1. The molecule has 21 heavy (non-hydrogen) atoms. The third-order valence-electron chi connectivity index (χ3n) is 3.54. The van der Waals surface area contributed by atoms with Crippen LogP contribution in [0.15, 0.2) is 10.4 Å². The molecule has 0 amide bonds. The van der Waals surface area contributed by atoms with Crippen LogP contribution in [0.1, 0.15) is 45.5 Å². The molecule has 118 valence electrons. The first-order valence-corrected chi connectivity index (χ1v) is 8.92. The van der Waals surface area contributed by atoms with Crippen LogP contribution in [0.3, 0.4) is 0 Å². The maximum Gasteiger partial charge on any atom is 0.310 e. The molecule has 0 unspecified atom stereocenters. The van der Waals surface area contributed by atoms with E-state index >= 15 is 0 Å². The van der Waals surface area contributed by atoms with Crippen molar-refractivity contribution in [3.8, 4) is 0 Å². The van der Waals surface area contributed by atoms with Crippen molar-refractivity contribution in [1.29, 1.82) is 0 Å². The lowest BCUT2D eigenvalue weighted by atomic mass is 10.1. The highest BCUT2D eigenvalue weighted by molar-refractivity contribution is 7.91. The van der Waals surface area contributed by atoms with E-state index in [0.717, 1.165) is 11.3 Å². The number of rotatable bonds is 3. The fourth-order valence-corrected chi connectivity index (χ4v) is 4.36. The fourth-order valence-electron chi connectivity index (χ4n) is 2.45. The van der Waals surface area contributed by atoms with Crippen LogP contribution in [-0.4, -0.2) is 25.0 Å². The number of hydrogen-bond acceptors (Lipinski definition) is 6. The van der Waals surface area contributed by atoms with E-state index in [1.165, 1.54) is 6.20 Å². The van der Waals surface area contributed by atoms with Crippen molar-refractivity contribution in [1.82, 2.24) is 4.98 Å². The molecule has 8 heteroatoms. The van der Waals surface area contributed by atoms with Crippen LogP contribution in [-0.2, 0) is 19.6 Å². The molecule has 1 aromatic heterocycles. The van der Waals surface area contributed by atoms with Crippen molar-refractivity contribution in [2.24, 2.45) is 16.5 Å². The normalized spacial score (nSPS) is 24.7. The molecule has 2 atom stereocenters. The van der Waals surface area contributed by atoms with Crippen LogP contribution in [0.25, 0.3) is 0 Å². The molecule has 1 fully saturated rings. The van der Waals surface area contributed by atoms with Crippen LogP contribution in [0.2, 0.25) is 0 Å². The lowest BCUT2D eigenvalue weighted by Gasteiger charge is -2.19. The number of sulfonamides is 1. The molecule has 0 spiro atoms. The van der Waals surface area contributed by atoms with Gasteiger partial charge in [-0.05, 0) is 26.2 Å². The van der Waals surface area contributed by atoms with Gasteiger partial charge in [0.25, 0.3) is 0 Å². The Morgan fingerprint density at radius 2 is 2.00 bits per heavy atom. The molecule has 1 aromatic rings. The predicted molar refractivity (Wildman–Crippen MR) is 79.3 cm³/mol. The van der Waals surface area contributed by atoms with Gasteiger partial charge in [0.15, 0.2) is 4.21 Å². The van der Waals surface area contributed by atoms with Gasteiger partial charge in [-0.1, -0.05) is 13.8 Å². The summed E-state index contributed by atoms with van der Waals surface area (Å²) < 4.78 is 28.1. The van der Waals surface area contributed by atoms with Crippen LogP contribution in [0.5, 0.6) is 0 Å². The Bertz CT molecular complexity index is 671. The minimum absolute atomic E-state index is 0.0168. The summed E-state index contributed by atoms with van der Waals surface area (Å²) >= 11 is 1.02. The number of primary sulfonamides is 1. The Labute approximate surface area is 128 Å². The van der Waals surface area contributed by atoms with Crippen molar-refractivity contribution in [2.45, 2.75) is 50.3 Å². The van der Waals surface area contributed by atoms with E-state index in [1.807, 2.05) is 34.6 Å². The molecular formula is C13H20N2O4S2. The molecule has 2 rings (SSSR count). The SMILES string of the molecule is CC(C)(C)OC(=O)[C@@H]1[C@@H](c2ncc(S(N)(=O)=O)s2)C1(C)C. The lowest BCUT2D eigenvalue weighted by molar-refractivity contribution is -0.157. The molecule has 6 nitrogen and oxygen atoms in total. The zero-order valence-corrected chi connectivity index (χ0v) is 14.3. The zero-order chi connectivity index (χ0) is 16.2. The second kappa shape index (κ2) is 4.76. The first kappa shape index (κ1) is 16.4. The first-order chi connectivity index (χ1) is 9.34. The van der Waals surface area contributed by atoms with Gasteiger partial charge < -0.3 is 4.74 Å². The number of ether oxygens (including phenoxy) is 1. The number of aromatic nitrogens is 1. The monoisotopic (exact) mass is 332 g/mol. The Morgan fingerprint density at radius 1 is 1.43 bits per heavy atom. The van der Waals surface area contributed by atoms with Crippen LogP contribution in [0.4, 0.5) is 0 Å². The number of hydrogen-bond donors (Lipinski definition) is 1. The molecule has 1 aliphatic carbocycles. The van der Waals surface area contributed by atoms with E-state index in [4.69, 9.17) is 9.88 Å². The van der Waals surface area contributed by atoms with Crippen LogP contribution in [0, 0.1) is 11.3 Å². The Kier molecular flexibility index (Phi) is 3.71. The van der Waals surface area contributed by atoms with Crippen LogP contribution < -0.4 is 5.14 Å². The summed E-state index contributed by atoms with van der Waals surface area (Å²) in [4.78, 5) is 16.4. The van der Waals surface area contributed by atoms with E-state index in [1.54, 1.807) is 0 Å². The Hall–Kier alpha value is -0.990. The van der Waals surface area contributed by atoms with Gasteiger partial charge in [-0.3, -0.25) is 4.79 Å². The fraction of sp³-hybridized carbons (Fsp3) is 0.692. The molecule has 0 aromatic carbocycles. The van der Waals surface area contributed by atoms with E-state index in [-0.39, 0.29) is 27.4 Å². The second-order valence-corrected chi connectivity index (χ2v) is 9.72. The molecule has 0 aliphatic heterocycles. The Balaban J connectivity index is 2.22. The smallest absolute Gasteiger partial charge is 0.310 e. The second-order valence-electron chi connectivity index (χ2n) is 6.87. The minimum Gasteiger partial charge on any atom is -0.460 e. The largest absolute Gasteiger partial charge is 0.460 e. The number of carbonyl (C=O) groups is 1. The van der Waals surface area contributed by atoms with E-state index < -0.39 is 15.6 Å². The van der Waals surface area contributed by atoms with Crippen LogP contribution >= 0.6 is 11.3 Å². The molecular weight excluding hydrogens is 312 g/mol. The molecule has 1 heterocycles. The highest BCUT2D eigenvalue weighted by Gasteiger charge is 2.65. The summed E-state index contributed by atoms with van der Waals surface area (Å²) in [5, 5.41) is 5.70. The van der Waals surface area contributed by atoms with Gasteiger partial charge in [-0.15, -0.1) is 11.3 Å². The minimum atomic E-state index is -3.75. The summed E-state index contributed by atoms with van der Waals surface area (Å²) in [5.41, 5.74) is -0.843. The summed E-state index contributed by atoms with van der Waals surface area (Å²) in [6.07, 6.45) is 1.25. The molecule has 1 saturated carbocycles. The molecule has 0 saturated heterocycles. The first-order valence-electron chi connectivity index (χ1n) is 6.55. The number of thiazole rings is 1. The van der Waals surface area contributed by atoms with Gasteiger partial charge in [0.2, 0.25) is 10.0 Å². The predicted octanol–water partition coefficient (Wildman–Crippen LogP) is 1.87. The number of nitrogens with two attached hydrogens (primary N) is 1. The van der Waals surface area contributed by atoms with Crippen molar-refractivity contribution in [2.75, 3.05) is 0 Å². The maximum atomic E-state index is 12.2. The summed E-state index contributed by atoms with van der Waals surface area (Å²) in [5.74, 6) is -0.714. The zero-order valence-electron chi connectivity index (χ0n) is 12.7. The highest BCUT2D eigenvalue weighted by atomic mass is 32.2. The summed E-state index contributed by atoms with van der Waals surface area (Å²) in [7, 11) is -3.75. The molecule has 0 radical (unpaired) electrons. The topological polar surface area (TPSA) is 99.3 Å². The summed E-state index contributed by atoms with van der Waals surface area (Å²) in [6, 6.07) is 0. The van der Waals surface area contributed by atoms with Gasteiger partial charge in [-0.2, -0.15) is 0 Å². The summed E-state index contributed by atoms with van der Waals surface area (Å²) in [6.45, 7) is 9.35. The van der Waals surface area contributed by atoms with Crippen molar-refractivity contribution in [3.05, 3.63) is 11.2 Å². The van der Waals surface area contributed by atoms with Gasteiger partial charge in [0.1, 0.15) is 5.60 Å². The van der Waals surface area contributed by atoms with Gasteiger partial charge >= 0.3 is 5.97 Å². The van der Waals surface area contributed by atoms with Gasteiger partial charge in [0.05, 0.1) is 17.1 Å². The van der Waals surface area contributed by atoms with Crippen molar-refractivity contribution >= 4 is 27.3 Å². The molecule has 2 N–H and O–H groups in total. The average Bonchev–Trinajstić information content (AvgIpc) is 2.66. The number of carbonyl (C=O) groups excluding carboxylic acids is 1. The van der Waals surface area contributed by atoms with Crippen molar-refractivity contribution < 1.29 is 17.9 Å². The standard InChI is InChI=1S/C13H20N2O4S2/c1-12(2,3)19-11(16)9-8(13(9,4)5)10-15-6-7(20-10)21(14,17)18/h6,8-9H,1-5H3,(H2,14,17,18)/t8-,9-/m0/s1. The van der Waals surface area contributed by atoms with E-state index in [0.29, 0.717) is 5.01 Å². The van der Waals surface area contributed by atoms with E-state index in [9.17, 15) is 13.2 Å². The number of esters is 1. The molecule has 1 aliphatic rings. The third kappa shape index (κ3) is 3.27. The molecule has 0 bridgehead atoms. The average molecular weight is 332 g/mol. The van der Waals surface area contributed by atoms with Gasteiger partial charge in [0, 0.05) is 5.92 Å². The van der Waals surface area contributed by atoms with Gasteiger partial charge in [-0.25, -0.2) is 18.5 Å². The maximum absolute atomic E-state index is 12.2. The quantitative estimate of drug-likeness (QED) is 0.852. The lowest BCUT2D eigenvalue weighted by Crippen LogP contribution is -2.26. The highest BCUT2D eigenvalue weighted by Crippen LogP contribution is 2.65.